The number of carbonyl (C=O) groups is 1. The van der Waals surface area contributed by atoms with Crippen molar-refractivity contribution >= 4 is 28.3 Å². The third-order valence-corrected chi connectivity index (χ3v) is 4.69. The quantitative estimate of drug-likeness (QED) is 0.716. The van der Waals surface area contributed by atoms with Gasteiger partial charge in [0.2, 0.25) is 5.91 Å². The first kappa shape index (κ1) is 17.4. The van der Waals surface area contributed by atoms with E-state index in [4.69, 9.17) is 4.63 Å². The zero-order chi connectivity index (χ0) is 18.6. The Morgan fingerprint density at radius 3 is 2.78 bits per heavy atom. The molecule has 8 nitrogen and oxygen atoms in total. The monoisotopic (exact) mass is 366 g/mol. The Balaban J connectivity index is 1.44. The minimum atomic E-state index is -0.119. The standard InChI is InChI=1S/C19H22N6O2/c1-24(12-14-6-2-3-9-20-14)13-17(26)21-15-7-8-16(25-10-4-5-11-25)19-18(15)22-27-23-19/h2-3,6-9H,4-5,10-13H2,1H3,(H,21,26). The summed E-state index contributed by atoms with van der Waals surface area (Å²) >= 11 is 0. The molecule has 1 saturated heterocycles. The number of carbonyl (C=O) groups excluding carboxylic acids is 1. The van der Waals surface area contributed by atoms with Crippen LogP contribution in [0.25, 0.3) is 11.0 Å². The molecule has 4 rings (SSSR count). The molecule has 1 aromatic carbocycles. The molecule has 0 radical (unpaired) electrons. The van der Waals surface area contributed by atoms with Crippen molar-refractivity contribution in [2.75, 3.05) is 36.9 Å². The molecule has 3 aromatic rings. The van der Waals surface area contributed by atoms with Crippen molar-refractivity contribution in [3.05, 3.63) is 42.2 Å². The first-order chi connectivity index (χ1) is 13.2. The van der Waals surface area contributed by atoms with Gasteiger partial charge in [-0.1, -0.05) is 6.07 Å². The highest BCUT2D eigenvalue weighted by molar-refractivity contribution is 6.03. The van der Waals surface area contributed by atoms with Crippen LogP contribution in [0, 0.1) is 0 Å². The third kappa shape index (κ3) is 3.90. The average Bonchev–Trinajstić information content (AvgIpc) is 3.35. The zero-order valence-electron chi connectivity index (χ0n) is 15.3. The molecule has 1 aliphatic rings. The number of fused-ring (bicyclic) bond motifs is 1. The van der Waals surface area contributed by atoms with Crippen LogP contribution in [0.15, 0.2) is 41.2 Å². The second kappa shape index (κ2) is 7.71. The molecule has 1 fully saturated rings. The molecular formula is C19H22N6O2. The van der Waals surface area contributed by atoms with Crippen molar-refractivity contribution in [1.29, 1.82) is 0 Å². The fourth-order valence-electron chi connectivity index (χ4n) is 3.43. The van der Waals surface area contributed by atoms with Crippen LogP contribution in [0.4, 0.5) is 11.4 Å². The van der Waals surface area contributed by atoms with Gasteiger partial charge >= 0.3 is 0 Å². The maximum Gasteiger partial charge on any atom is 0.238 e. The van der Waals surface area contributed by atoms with Crippen molar-refractivity contribution in [2.45, 2.75) is 19.4 Å². The van der Waals surface area contributed by atoms with Gasteiger partial charge < -0.3 is 10.2 Å². The van der Waals surface area contributed by atoms with Crippen molar-refractivity contribution in [3.63, 3.8) is 0 Å². The predicted octanol–water partition coefficient (Wildman–Crippen LogP) is 2.29. The number of pyridine rings is 1. The topological polar surface area (TPSA) is 87.4 Å². The number of anilines is 2. The van der Waals surface area contributed by atoms with Crippen LogP contribution in [0.3, 0.4) is 0 Å². The van der Waals surface area contributed by atoms with Gasteiger partial charge in [0.1, 0.15) is 0 Å². The number of hydrogen-bond acceptors (Lipinski definition) is 7. The molecule has 3 heterocycles. The Kier molecular flexibility index (Phi) is 4.97. The summed E-state index contributed by atoms with van der Waals surface area (Å²) in [5.41, 5.74) is 3.82. The number of rotatable bonds is 6. The van der Waals surface area contributed by atoms with Gasteiger partial charge in [-0.3, -0.25) is 14.7 Å². The number of likely N-dealkylation sites (N-methyl/N-ethyl adjacent to an activating group) is 1. The van der Waals surface area contributed by atoms with Gasteiger partial charge in [-0.25, -0.2) is 4.63 Å². The van der Waals surface area contributed by atoms with Crippen molar-refractivity contribution in [1.82, 2.24) is 20.2 Å². The zero-order valence-corrected chi connectivity index (χ0v) is 15.3. The smallest absolute Gasteiger partial charge is 0.238 e. The van der Waals surface area contributed by atoms with Crippen LogP contribution < -0.4 is 10.2 Å². The third-order valence-electron chi connectivity index (χ3n) is 4.69. The lowest BCUT2D eigenvalue weighted by Crippen LogP contribution is -2.30. The molecule has 0 atom stereocenters. The van der Waals surface area contributed by atoms with E-state index >= 15 is 0 Å². The molecule has 0 saturated carbocycles. The Hall–Kier alpha value is -3.00. The maximum absolute atomic E-state index is 12.5. The number of nitrogens with one attached hydrogen (secondary N) is 1. The van der Waals surface area contributed by atoms with E-state index in [1.54, 1.807) is 6.20 Å². The summed E-state index contributed by atoms with van der Waals surface area (Å²) in [6.07, 6.45) is 4.10. The highest BCUT2D eigenvalue weighted by Crippen LogP contribution is 2.31. The normalized spacial score (nSPS) is 14.2. The molecule has 2 aromatic heterocycles. The fraction of sp³-hybridized carbons (Fsp3) is 0.368. The summed E-state index contributed by atoms with van der Waals surface area (Å²) in [7, 11) is 1.89. The summed E-state index contributed by atoms with van der Waals surface area (Å²) in [5.74, 6) is -0.119. The van der Waals surface area contributed by atoms with Crippen molar-refractivity contribution in [3.8, 4) is 0 Å². The lowest BCUT2D eigenvalue weighted by atomic mass is 10.2. The highest BCUT2D eigenvalue weighted by Gasteiger charge is 2.20. The first-order valence-corrected chi connectivity index (χ1v) is 9.09. The number of hydrogen-bond donors (Lipinski definition) is 1. The predicted molar refractivity (Wildman–Crippen MR) is 102 cm³/mol. The number of benzene rings is 1. The molecule has 0 aliphatic carbocycles. The summed E-state index contributed by atoms with van der Waals surface area (Å²) in [6, 6.07) is 9.60. The van der Waals surface area contributed by atoms with E-state index in [0.29, 0.717) is 23.3 Å². The number of aromatic nitrogens is 3. The molecule has 27 heavy (non-hydrogen) atoms. The molecular weight excluding hydrogens is 344 g/mol. The number of amides is 1. The van der Waals surface area contributed by atoms with Crippen LogP contribution in [0.5, 0.6) is 0 Å². The molecule has 1 aliphatic heterocycles. The van der Waals surface area contributed by atoms with Crippen LogP contribution in [-0.4, -0.2) is 52.8 Å². The lowest BCUT2D eigenvalue weighted by Gasteiger charge is -2.18. The molecule has 1 amide bonds. The molecule has 0 spiro atoms. The van der Waals surface area contributed by atoms with Crippen LogP contribution >= 0.6 is 0 Å². The fourth-order valence-corrected chi connectivity index (χ4v) is 3.43. The van der Waals surface area contributed by atoms with Gasteiger partial charge in [0, 0.05) is 25.8 Å². The van der Waals surface area contributed by atoms with E-state index in [2.05, 4.69) is 25.5 Å². The van der Waals surface area contributed by atoms with Gasteiger partial charge in [0.15, 0.2) is 11.0 Å². The van der Waals surface area contributed by atoms with E-state index in [9.17, 15) is 4.79 Å². The van der Waals surface area contributed by atoms with Gasteiger partial charge in [0.25, 0.3) is 0 Å². The Morgan fingerprint density at radius 1 is 1.19 bits per heavy atom. The summed E-state index contributed by atoms with van der Waals surface area (Å²) < 4.78 is 4.95. The molecule has 0 unspecified atom stereocenters. The van der Waals surface area contributed by atoms with Crippen LogP contribution in [-0.2, 0) is 11.3 Å². The van der Waals surface area contributed by atoms with Gasteiger partial charge in [-0.15, -0.1) is 0 Å². The van der Waals surface area contributed by atoms with Crippen molar-refractivity contribution < 1.29 is 9.42 Å². The Labute approximate surface area is 157 Å². The lowest BCUT2D eigenvalue weighted by molar-refractivity contribution is -0.117. The minimum absolute atomic E-state index is 0.119. The van der Waals surface area contributed by atoms with Crippen LogP contribution in [0.2, 0.25) is 0 Å². The van der Waals surface area contributed by atoms with Gasteiger partial charge in [-0.2, -0.15) is 0 Å². The molecule has 8 heteroatoms. The van der Waals surface area contributed by atoms with E-state index in [1.807, 2.05) is 42.3 Å². The van der Waals surface area contributed by atoms with E-state index in [-0.39, 0.29) is 12.5 Å². The summed E-state index contributed by atoms with van der Waals surface area (Å²) in [6.45, 7) is 2.86. The first-order valence-electron chi connectivity index (χ1n) is 9.09. The van der Waals surface area contributed by atoms with E-state index < -0.39 is 0 Å². The van der Waals surface area contributed by atoms with E-state index in [0.717, 1.165) is 24.5 Å². The molecule has 0 bridgehead atoms. The summed E-state index contributed by atoms with van der Waals surface area (Å²) in [5, 5.41) is 11.0. The largest absolute Gasteiger partial charge is 0.370 e. The highest BCUT2D eigenvalue weighted by atomic mass is 16.6. The molecule has 1 N–H and O–H groups in total. The molecule has 140 valence electrons. The average molecular weight is 366 g/mol. The summed E-state index contributed by atoms with van der Waals surface area (Å²) in [4.78, 5) is 20.9. The maximum atomic E-state index is 12.5. The Bertz CT molecular complexity index is 920. The second-order valence-corrected chi connectivity index (χ2v) is 6.83. The van der Waals surface area contributed by atoms with Gasteiger partial charge in [0.05, 0.1) is 23.6 Å². The van der Waals surface area contributed by atoms with Crippen LogP contribution in [0.1, 0.15) is 18.5 Å². The Morgan fingerprint density at radius 2 is 2.00 bits per heavy atom. The van der Waals surface area contributed by atoms with Crippen molar-refractivity contribution in [2.24, 2.45) is 0 Å². The van der Waals surface area contributed by atoms with Gasteiger partial charge in [-0.05, 0) is 54.5 Å². The van der Waals surface area contributed by atoms with E-state index in [1.165, 1.54) is 12.8 Å². The number of nitrogens with zero attached hydrogens (tertiary/aromatic N) is 5. The SMILES string of the molecule is CN(CC(=O)Nc1ccc(N2CCCC2)c2nonc12)Cc1ccccn1. The minimum Gasteiger partial charge on any atom is -0.370 e. The second-order valence-electron chi connectivity index (χ2n) is 6.83.